The molecule has 1 aliphatic rings. The fraction of sp³-hybridized carbons (Fsp3) is 0.308. The molecule has 0 bridgehead atoms. The molecule has 0 atom stereocenters. The van der Waals surface area contributed by atoms with Crippen LogP contribution in [0.5, 0.6) is 0 Å². The zero-order valence-corrected chi connectivity index (χ0v) is 8.96. The lowest BCUT2D eigenvalue weighted by Crippen LogP contribution is -2.06. The number of anilines is 1. The summed E-state index contributed by atoms with van der Waals surface area (Å²) in [4.78, 5) is 3.54. The minimum absolute atomic E-state index is 0.242. The van der Waals surface area contributed by atoms with Gasteiger partial charge in [-0.2, -0.15) is 0 Å². The lowest BCUT2D eigenvalue weighted by Gasteiger charge is -2.17. The average molecular weight is 216 g/mol. The molecule has 0 aromatic heterocycles. The van der Waals surface area contributed by atoms with Crippen molar-refractivity contribution in [2.24, 2.45) is 0 Å². The molecular weight excluding hydrogens is 203 g/mol. The van der Waals surface area contributed by atoms with Crippen molar-refractivity contribution in [2.45, 2.75) is 25.7 Å². The third kappa shape index (κ3) is 2.40. The summed E-state index contributed by atoms with van der Waals surface area (Å²) in [7, 11) is 0. The molecule has 0 unspecified atom stereocenters. The number of allylic oxidation sites excluding steroid dienone is 2. The van der Waals surface area contributed by atoms with Gasteiger partial charge in [0.15, 0.2) is 5.70 Å². The molecule has 0 heterocycles. The smallest absolute Gasteiger partial charge is 0.184 e. The van der Waals surface area contributed by atoms with Crippen LogP contribution in [0.1, 0.15) is 25.7 Å². The quantitative estimate of drug-likeness (QED) is 0.740. The van der Waals surface area contributed by atoms with E-state index in [1.807, 2.05) is 0 Å². The number of nitrogens with zero attached hydrogens (tertiary/aromatic N) is 1. The Labute approximate surface area is 94.6 Å². The van der Waals surface area contributed by atoms with Crippen LogP contribution in [0.15, 0.2) is 35.7 Å². The Morgan fingerprint density at radius 3 is 2.50 bits per heavy atom. The second-order valence-corrected chi connectivity index (χ2v) is 3.88. The highest BCUT2D eigenvalue weighted by Crippen LogP contribution is 2.26. The Hall–Kier alpha value is -1.82. The van der Waals surface area contributed by atoms with Crippen molar-refractivity contribution in [2.75, 3.05) is 5.32 Å². The highest BCUT2D eigenvalue weighted by Gasteiger charge is 2.12. The van der Waals surface area contributed by atoms with Gasteiger partial charge in [0.1, 0.15) is 5.82 Å². The third-order valence-corrected chi connectivity index (χ3v) is 2.71. The number of nitrogens with one attached hydrogen (secondary N) is 1. The van der Waals surface area contributed by atoms with E-state index in [9.17, 15) is 4.39 Å². The van der Waals surface area contributed by atoms with Crippen LogP contribution < -0.4 is 5.32 Å². The summed E-state index contributed by atoms with van der Waals surface area (Å²) in [5.74, 6) is -0.242. The van der Waals surface area contributed by atoms with Crippen molar-refractivity contribution in [1.29, 1.82) is 0 Å². The Kier molecular flexibility index (Phi) is 3.21. The van der Waals surface area contributed by atoms with E-state index in [0.29, 0.717) is 0 Å². The third-order valence-electron chi connectivity index (χ3n) is 2.71. The fourth-order valence-corrected chi connectivity index (χ4v) is 1.85. The summed E-state index contributed by atoms with van der Waals surface area (Å²) < 4.78 is 12.7. The van der Waals surface area contributed by atoms with E-state index < -0.39 is 0 Å². The molecule has 0 saturated heterocycles. The summed E-state index contributed by atoms with van der Waals surface area (Å²) in [6.45, 7) is 7.09. The van der Waals surface area contributed by atoms with Gasteiger partial charge in [0, 0.05) is 11.4 Å². The van der Waals surface area contributed by atoms with Gasteiger partial charge in [0.2, 0.25) is 0 Å². The van der Waals surface area contributed by atoms with Crippen LogP contribution in [-0.4, -0.2) is 0 Å². The van der Waals surface area contributed by atoms with E-state index in [1.165, 1.54) is 12.1 Å². The first-order valence-corrected chi connectivity index (χ1v) is 5.41. The monoisotopic (exact) mass is 216 g/mol. The lowest BCUT2D eigenvalue weighted by molar-refractivity contribution is 0.628. The Morgan fingerprint density at radius 2 is 1.81 bits per heavy atom. The highest BCUT2D eigenvalue weighted by molar-refractivity contribution is 5.50. The van der Waals surface area contributed by atoms with Crippen molar-refractivity contribution in [1.82, 2.24) is 0 Å². The summed E-state index contributed by atoms with van der Waals surface area (Å²) in [6, 6.07) is 6.23. The first kappa shape index (κ1) is 10.7. The molecule has 1 aromatic carbocycles. The normalized spacial score (nSPS) is 15.8. The van der Waals surface area contributed by atoms with Crippen LogP contribution in [0.4, 0.5) is 10.1 Å². The van der Waals surface area contributed by atoms with Crippen molar-refractivity contribution in [3.05, 3.63) is 52.9 Å². The minimum atomic E-state index is -0.242. The lowest BCUT2D eigenvalue weighted by atomic mass is 10.0. The predicted octanol–water partition coefficient (Wildman–Crippen LogP) is 3.94. The Morgan fingerprint density at radius 1 is 1.12 bits per heavy atom. The van der Waals surface area contributed by atoms with Gasteiger partial charge in [-0.1, -0.05) is 6.42 Å². The van der Waals surface area contributed by atoms with Crippen molar-refractivity contribution >= 4 is 5.69 Å². The fourth-order valence-electron chi connectivity index (χ4n) is 1.85. The standard InChI is InChI=1S/C13H13FN2/c1-15-12-4-2-3-5-13(12)16-11-8-6-10(14)7-9-11/h6-9,16H,2-5H2. The summed E-state index contributed by atoms with van der Waals surface area (Å²) in [6.07, 6.45) is 3.97. The van der Waals surface area contributed by atoms with Crippen molar-refractivity contribution < 1.29 is 4.39 Å². The van der Waals surface area contributed by atoms with E-state index in [0.717, 1.165) is 42.8 Å². The molecule has 0 spiro atoms. The van der Waals surface area contributed by atoms with Gasteiger partial charge in [-0.25, -0.2) is 9.24 Å². The molecule has 16 heavy (non-hydrogen) atoms. The van der Waals surface area contributed by atoms with E-state index in [2.05, 4.69) is 10.2 Å². The van der Waals surface area contributed by atoms with Crippen LogP contribution in [0.3, 0.4) is 0 Å². The molecule has 0 aliphatic heterocycles. The maximum absolute atomic E-state index is 12.7. The molecule has 82 valence electrons. The van der Waals surface area contributed by atoms with Gasteiger partial charge >= 0.3 is 0 Å². The van der Waals surface area contributed by atoms with Crippen molar-refractivity contribution in [3.8, 4) is 0 Å². The average Bonchev–Trinajstić information content (AvgIpc) is 2.33. The summed E-state index contributed by atoms with van der Waals surface area (Å²) >= 11 is 0. The highest BCUT2D eigenvalue weighted by atomic mass is 19.1. The second-order valence-electron chi connectivity index (χ2n) is 3.88. The Balaban J connectivity index is 2.17. The molecule has 1 N–H and O–H groups in total. The van der Waals surface area contributed by atoms with E-state index >= 15 is 0 Å². The summed E-state index contributed by atoms with van der Waals surface area (Å²) in [5, 5.41) is 3.21. The van der Waals surface area contributed by atoms with Gasteiger partial charge in [-0.15, -0.1) is 0 Å². The molecular formula is C13H13FN2. The molecule has 0 fully saturated rings. The Bertz CT molecular complexity index is 440. The second kappa shape index (κ2) is 4.80. The van der Waals surface area contributed by atoms with E-state index in [-0.39, 0.29) is 5.82 Å². The number of hydrogen-bond acceptors (Lipinski definition) is 1. The molecule has 3 heteroatoms. The van der Waals surface area contributed by atoms with Crippen LogP contribution in [-0.2, 0) is 0 Å². The topological polar surface area (TPSA) is 16.4 Å². The maximum Gasteiger partial charge on any atom is 0.184 e. The number of rotatable bonds is 2. The maximum atomic E-state index is 12.7. The van der Waals surface area contributed by atoms with Gasteiger partial charge in [0.05, 0.1) is 6.57 Å². The molecule has 1 aliphatic carbocycles. The minimum Gasteiger partial charge on any atom is -0.369 e. The number of halogens is 1. The number of hydrogen-bond donors (Lipinski definition) is 1. The molecule has 1 aromatic rings. The molecule has 0 saturated carbocycles. The largest absolute Gasteiger partial charge is 0.369 e. The first-order valence-electron chi connectivity index (χ1n) is 5.41. The SMILES string of the molecule is [C-]#[N+]C1=C(Nc2ccc(F)cc2)CCCC1. The van der Waals surface area contributed by atoms with Gasteiger partial charge in [-0.3, -0.25) is 0 Å². The zero-order valence-electron chi connectivity index (χ0n) is 8.96. The van der Waals surface area contributed by atoms with Gasteiger partial charge in [0.25, 0.3) is 0 Å². The predicted molar refractivity (Wildman–Crippen MR) is 62.1 cm³/mol. The van der Waals surface area contributed by atoms with Crippen LogP contribution >= 0.6 is 0 Å². The molecule has 0 amide bonds. The zero-order chi connectivity index (χ0) is 11.4. The van der Waals surface area contributed by atoms with Crippen LogP contribution in [0, 0.1) is 12.4 Å². The van der Waals surface area contributed by atoms with Gasteiger partial charge in [-0.05, 0) is 43.5 Å². The molecule has 2 nitrogen and oxygen atoms in total. The van der Waals surface area contributed by atoms with Crippen molar-refractivity contribution in [3.63, 3.8) is 0 Å². The molecule has 0 radical (unpaired) electrons. The van der Waals surface area contributed by atoms with Gasteiger partial charge < -0.3 is 5.32 Å². The van der Waals surface area contributed by atoms with E-state index in [4.69, 9.17) is 6.57 Å². The number of benzene rings is 1. The molecule has 2 rings (SSSR count). The summed E-state index contributed by atoms with van der Waals surface area (Å²) in [5.41, 5.74) is 2.66. The van der Waals surface area contributed by atoms with Crippen LogP contribution in [0.2, 0.25) is 0 Å². The first-order chi connectivity index (χ1) is 7.79. The van der Waals surface area contributed by atoms with Crippen LogP contribution in [0.25, 0.3) is 4.85 Å². The van der Waals surface area contributed by atoms with E-state index in [1.54, 1.807) is 12.1 Å².